The Labute approximate surface area is 127 Å². The van der Waals surface area contributed by atoms with Gasteiger partial charge in [0, 0.05) is 16.2 Å². The van der Waals surface area contributed by atoms with Crippen LogP contribution in [0.5, 0.6) is 11.5 Å². The smallest absolute Gasteiger partial charge is 0.160 e. The van der Waals surface area contributed by atoms with Crippen molar-refractivity contribution in [1.29, 1.82) is 0 Å². The number of halogens is 1. The zero-order chi connectivity index (χ0) is 14.5. The SMILES string of the molecule is CCC(Nc1ccc(OC)c(O)c1)c1ccc(Br)cc1. The summed E-state index contributed by atoms with van der Waals surface area (Å²) < 4.78 is 6.11. The lowest BCUT2D eigenvalue weighted by Gasteiger charge is -2.19. The van der Waals surface area contributed by atoms with Crippen molar-refractivity contribution in [3.8, 4) is 11.5 Å². The summed E-state index contributed by atoms with van der Waals surface area (Å²) >= 11 is 3.44. The maximum absolute atomic E-state index is 9.81. The molecule has 20 heavy (non-hydrogen) atoms. The molecule has 0 fully saturated rings. The first-order valence-electron chi connectivity index (χ1n) is 6.53. The number of methoxy groups -OCH3 is 1. The maximum Gasteiger partial charge on any atom is 0.160 e. The van der Waals surface area contributed by atoms with Crippen molar-refractivity contribution < 1.29 is 9.84 Å². The van der Waals surface area contributed by atoms with Crippen molar-refractivity contribution >= 4 is 21.6 Å². The number of rotatable bonds is 5. The van der Waals surface area contributed by atoms with Gasteiger partial charge in [0.2, 0.25) is 0 Å². The lowest BCUT2D eigenvalue weighted by molar-refractivity contribution is 0.373. The van der Waals surface area contributed by atoms with E-state index in [1.165, 1.54) is 5.56 Å². The third-order valence-corrected chi connectivity index (χ3v) is 3.73. The second-order valence-electron chi connectivity index (χ2n) is 4.54. The maximum atomic E-state index is 9.81. The van der Waals surface area contributed by atoms with Crippen LogP contribution in [-0.2, 0) is 0 Å². The molecule has 2 aromatic carbocycles. The zero-order valence-electron chi connectivity index (χ0n) is 11.6. The zero-order valence-corrected chi connectivity index (χ0v) is 13.1. The van der Waals surface area contributed by atoms with Gasteiger partial charge in [-0.3, -0.25) is 0 Å². The van der Waals surface area contributed by atoms with Crippen LogP contribution in [0.4, 0.5) is 5.69 Å². The van der Waals surface area contributed by atoms with Crippen LogP contribution in [0.1, 0.15) is 24.9 Å². The molecule has 1 unspecified atom stereocenters. The predicted molar refractivity (Wildman–Crippen MR) is 85.5 cm³/mol. The van der Waals surface area contributed by atoms with Crippen LogP contribution >= 0.6 is 15.9 Å². The molecule has 2 aromatic rings. The summed E-state index contributed by atoms with van der Waals surface area (Å²) in [4.78, 5) is 0. The average molecular weight is 336 g/mol. The molecule has 0 radical (unpaired) electrons. The summed E-state index contributed by atoms with van der Waals surface area (Å²) in [5, 5.41) is 13.2. The quantitative estimate of drug-likeness (QED) is 0.830. The van der Waals surface area contributed by atoms with Crippen molar-refractivity contribution in [2.45, 2.75) is 19.4 Å². The fraction of sp³-hybridized carbons (Fsp3) is 0.250. The summed E-state index contributed by atoms with van der Waals surface area (Å²) in [7, 11) is 1.54. The number of hydrogen-bond donors (Lipinski definition) is 2. The Morgan fingerprint density at radius 3 is 2.45 bits per heavy atom. The summed E-state index contributed by atoms with van der Waals surface area (Å²) in [6, 6.07) is 13.8. The highest BCUT2D eigenvalue weighted by Gasteiger charge is 2.10. The Morgan fingerprint density at radius 1 is 1.20 bits per heavy atom. The van der Waals surface area contributed by atoms with Crippen molar-refractivity contribution in [3.05, 3.63) is 52.5 Å². The van der Waals surface area contributed by atoms with Gasteiger partial charge in [-0.15, -0.1) is 0 Å². The number of nitrogens with one attached hydrogen (secondary N) is 1. The van der Waals surface area contributed by atoms with Crippen molar-refractivity contribution in [1.82, 2.24) is 0 Å². The Bertz CT molecular complexity index is 569. The first-order valence-corrected chi connectivity index (χ1v) is 7.32. The second kappa shape index (κ2) is 6.66. The Balaban J connectivity index is 2.17. The topological polar surface area (TPSA) is 41.5 Å². The fourth-order valence-electron chi connectivity index (χ4n) is 2.10. The molecule has 3 nitrogen and oxygen atoms in total. The van der Waals surface area contributed by atoms with Gasteiger partial charge in [-0.25, -0.2) is 0 Å². The predicted octanol–water partition coefficient (Wildman–Crippen LogP) is 4.73. The van der Waals surface area contributed by atoms with Gasteiger partial charge < -0.3 is 15.2 Å². The lowest BCUT2D eigenvalue weighted by Crippen LogP contribution is -2.09. The van der Waals surface area contributed by atoms with E-state index in [0.29, 0.717) is 5.75 Å². The molecule has 0 aliphatic rings. The molecular weight excluding hydrogens is 318 g/mol. The number of aromatic hydroxyl groups is 1. The van der Waals surface area contributed by atoms with Crippen LogP contribution < -0.4 is 10.1 Å². The van der Waals surface area contributed by atoms with Gasteiger partial charge in [0.05, 0.1) is 13.2 Å². The molecule has 0 bridgehead atoms. The lowest BCUT2D eigenvalue weighted by atomic mass is 10.0. The van der Waals surface area contributed by atoms with Gasteiger partial charge in [-0.1, -0.05) is 35.0 Å². The molecule has 0 heterocycles. The van der Waals surface area contributed by atoms with Gasteiger partial charge in [0.1, 0.15) is 0 Å². The number of phenolic OH excluding ortho intramolecular Hbond substituents is 1. The number of phenols is 1. The standard InChI is InChI=1S/C16H18BrNO2/c1-3-14(11-4-6-12(17)7-5-11)18-13-8-9-16(20-2)15(19)10-13/h4-10,14,18-19H,3H2,1-2H3. The van der Waals surface area contributed by atoms with E-state index in [-0.39, 0.29) is 11.8 Å². The van der Waals surface area contributed by atoms with E-state index >= 15 is 0 Å². The average Bonchev–Trinajstić information content (AvgIpc) is 2.46. The molecule has 2 rings (SSSR count). The van der Waals surface area contributed by atoms with Crippen LogP contribution in [0.15, 0.2) is 46.9 Å². The highest BCUT2D eigenvalue weighted by Crippen LogP contribution is 2.31. The number of anilines is 1. The van der Waals surface area contributed by atoms with E-state index in [1.54, 1.807) is 19.2 Å². The van der Waals surface area contributed by atoms with E-state index in [1.807, 2.05) is 18.2 Å². The second-order valence-corrected chi connectivity index (χ2v) is 5.46. The van der Waals surface area contributed by atoms with E-state index < -0.39 is 0 Å². The molecule has 4 heteroatoms. The van der Waals surface area contributed by atoms with E-state index in [2.05, 4.69) is 40.3 Å². The Kier molecular flexibility index (Phi) is 4.90. The largest absolute Gasteiger partial charge is 0.504 e. The fourth-order valence-corrected chi connectivity index (χ4v) is 2.36. The van der Waals surface area contributed by atoms with E-state index in [9.17, 15) is 5.11 Å². The Hall–Kier alpha value is -1.68. The molecule has 0 spiro atoms. The molecule has 1 atom stereocenters. The minimum absolute atomic E-state index is 0.142. The van der Waals surface area contributed by atoms with Gasteiger partial charge in [0.25, 0.3) is 0 Å². The molecule has 0 aliphatic carbocycles. The molecule has 2 N–H and O–H groups in total. The highest BCUT2D eigenvalue weighted by molar-refractivity contribution is 9.10. The van der Waals surface area contributed by atoms with Gasteiger partial charge in [0.15, 0.2) is 11.5 Å². The first kappa shape index (κ1) is 14.7. The monoisotopic (exact) mass is 335 g/mol. The number of benzene rings is 2. The van der Waals surface area contributed by atoms with Crippen LogP contribution in [-0.4, -0.2) is 12.2 Å². The van der Waals surface area contributed by atoms with Crippen LogP contribution in [0, 0.1) is 0 Å². The summed E-state index contributed by atoms with van der Waals surface area (Å²) in [6.45, 7) is 2.13. The van der Waals surface area contributed by atoms with Crippen LogP contribution in [0.3, 0.4) is 0 Å². The summed E-state index contributed by atoms with van der Waals surface area (Å²) in [5.74, 6) is 0.621. The highest BCUT2D eigenvalue weighted by atomic mass is 79.9. The number of ether oxygens (including phenoxy) is 1. The molecule has 0 aromatic heterocycles. The minimum atomic E-state index is 0.142. The van der Waals surface area contributed by atoms with Crippen molar-refractivity contribution in [2.75, 3.05) is 12.4 Å². The van der Waals surface area contributed by atoms with E-state index in [4.69, 9.17) is 4.74 Å². The molecule has 0 aliphatic heterocycles. The number of hydrogen-bond acceptors (Lipinski definition) is 3. The summed E-state index contributed by atoms with van der Waals surface area (Å²) in [5.41, 5.74) is 2.09. The molecular formula is C16H18BrNO2. The third kappa shape index (κ3) is 3.45. The molecule has 0 saturated heterocycles. The molecule has 106 valence electrons. The van der Waals surface area contributed by atoms with Crippen molar-refractivity contribution in [2.24, 2.45) is 0 Å². The first-order chi connectivity index (χ1) is 9.63. The van der Waals surface area contributed by atoms with Gasteiger partial charge >= 0.3 is 0 Å². The van der Waals surface area contributed by atoms with Crippen molar-refractivity contribution in [3.63, 3.8) is 0 Å². The van der Waals surface area contributed by atoms with E-state index in [0.717, 1.165) is 16.6 Å². The normalized spacial score (nSPS) is 11.9. The molecule has 0 amide bonds. The minimum Gasteiger partial charge on any atom is -0.504 e. The summed E-state index contributed by atoms with van der Waals surface area (Å²) in [6.07, 6.45) is 0.953. The third-order valence-electron chi connectivity index (χ3n) is 3.20. The molecule has 0 saturated carbocycles. The van der Waals surface area contributed by atoms with Crippen LogP contribution in [0.25, 0.3) is 0 Å². The van der Waals surface area contributed by atoms with Gasteiger partial charge in [-0.05, 0) is 36.2 Å². The Morgan fingerprint density at radius 2 is 1.90 bits per heavy atom. The van der Waals surface area contributed by atoms with Crippen LogP contribution in [0.2, 0.25) is 0 Å². The van der Waals surface area contributed by atoms with Gasteiger partial charge in [-0.2, -0.15) is 0 Å².